The van der Waals surface area contributed by atoms with Gasteiger partial charge in [-0.2, -0.15) is 0 Å². The molecule has 0 bridgehead atoms. The number of amides is 1. The van der Waals surface area contributed by atoms with Gasteiger partial charge in [0.15, 0.2) is 0 Å². The van der Waals surface area contributed by atoms with Gasteiger partial charge in [0.2, 0.25) is 0 Å². The van der Waals surface area contributed by atoms with Gasteiger partial charge >= 0.3 is 0 Å². The van der Waals surface area contributed by atoms with Crippen molar-refractivity contribution in [2.75, 3.05) is 13.1 Å². The number of hydrogen-bond acceptors (Lipinski definition) is 4. The van der Waals surface area contributed by atoms with E-state index in [4.69, 9.17) is 11.6 Å². The number of hydrogen-bond donors (Lipinski definition) is 1. The van der Waals surface area contributed by atoms with Crippen LogP contribution in [0, 0.1) is 10.1 Å². The fourth-order valence-corrected chi connectivity index (χ4v) is 3.56. The van der Waals surface area contributed by atoms with Crippen molar-refractivity contribution in [2.45, 2.75) is 44.2 Å². The van der Waals surface area contributed by atoms with E-state index in [0.29, 0.717) is 6.04 Å². The molecule has 1 N–H and O–H groups in total. The molecule has 7 heteroatoms. The maximum absolute atomic E-state index is 12.3. The molecule has 1 saturated carbocycles. The van der Waals surface area contributed by atoms with Gasteiger partial charge in [-0.3, -0.25) is 14.9 Å². The molecular formula is C16H20ClN3O3. The van der Waals surface area contributed by atoms with Crippen molar-refractivity contribution >= 4 is 23.2 Å². The predicted octanol–water partition coefficient (Wildman–Crippen LogP) is 2.99. The Labute approximate surface area is 139 Å². The van der Waals surface area contributed by atoms with Crippen LogP contribution in [0.25, 0.3) is 0 Å². The second-order valence-electron chi connectivity index (χ2n) is 6.31. The Hall–Kier alpha value is -1.66. The summed E-state index contributed by atoms with van der Waals surface area (Å²) in [6.45, 7) is 2.29. The lowest BCUT2D eigenvalue weighted by Crippen LogP contribution is -2.54. The van der Waals surface area contributed by atoms with Crippen molar-refractivity contribution < 1.29 is 9.72 Å². The van der Waals surface area contributed by atoms with E-state index in [1.807, 2.05) is 0 Å². The summed E-state index contributed by atoms with van der Waals surface area (Å²) in [5.74, 6) is -0.393. The van der Waals surface area contributed by atoms with Crippen molar-refractivity contribution in [3.05, 3.63) is 38.9 Å². The molecule has 124 valence electrons. The van der Waals surface area contributed by atoms with Crippen LogP contribution in [0.3, 0.4) is 0 Å². The summed E-state index contributed by atoms with van der Waals surface area (Å²) in [5.41, 5.74) is -0.178. The van der Waals surface area contributed by atoms with Crippen molar-refractivity contribution in [1.82, 2.24) is 10.2 Å². The smallest absolute Gasteiger partial charge is 0.283 e. The summed E-state index contributed by atoms with van der Waals surface area (Å²) >= 11 is 5.77. The highest BCUT2D eigenvalue weighted by Crippen LogP contribution is 2.29. The Kier molecular flexibility index (Phi) is 4.82. The first-order valence-electron chi connectivity index (χ1n) is 8.03. The van der Waals surface area contributed by atoms with E-state index >= 15 is 0 Å². The predicted molar refractivity (Wildman–Crippen MR) is 87.8 cm³/mol. The number of halogens is 1. The topological polar surface area (TPSA) is 75.5 Å². The van der Waals surface area contributed by atoms with Gasteiger partial charge in [-0.05, 0) is 50.9 Å². The fraction of sp³-hybridized carbons (Fsp3) is 0.562. The fourth-order valence-electron chi connectivity index (χ4n) is 3.40. The molecule has 1 heterocycles. The highest BCUT2D eigenvalue weighted by molar-refractivity contribution is 6.31. The van der Waals surface area contributed by atoms with Gasteiger partial charge in [-0.1, -0.05) is 18.0 Å². The van der Waals surface area contributed by atoms with Crippen LogP contribution in [0.5, 0.6) is 0 Å². The summed E-state index contributed by atoms with van der Waals surface area (Å²) in [5, 5.41) is 14.2. The third kappa shape index (κ3) is 3.64. The third-order valence-electron chi connectivity index (χ3n) is 4.76. The van der Waals surface area contributed by atoms with E-state index in [1.165, 1.54) is 37.5 Å². The molecule has 0 spiro atoms. The van der Waals surface area contributed by atoms with Crippen molar-refractivity contribution in [3.63, 3.8) is 0 Å². The van der Waals surface area contributed by atoms with E-state index in [-0.39, 0.29) is 22.3 Å². The minimum absolute atomic E-state index is 0.0702. The van der Waals surface area contributed by atoms with Crippen LogP contribution in [-0.2, 0) is 0 Å². The number of piperidine rings is 1. The first-order chi connectivity index (χ1) is 11.0. The molecule has 0 atom stereocenters. The molecule has 1 aliphatic carbocycles. The van der Waals surface area contributed by atoms with E-state index in [2.05, 4.69) is 10.2 Å². The van der Waals surface area contributed by atoms with Gasteiger partial charge in [0.1, 0.15) is 5.56 Å². The number of nitro groups is 1. The molecule has 0 unspecified atom stereocenters. The second-order valence-corrected chi connectivity index (χ2v) is 6.75. The largest absolute Gasteiger partial charge is 0.349 e. The number of nitrogens with one attached hydrogen (secondary N) is 1. The van der Waals surface area contributed by atoms with Gasteiger partial charge < -0.3 is 10.2 Å². The Morgan fingerprint density at radius 2 is 1.96 bits per heavy atom. The molecular weight excluding hydrogens is 318 g/mol. The maximum Gasteiger partial charge on any atom is 0.283 e. The molecule has 2 aliphatic rings. The number of carbonyl (C=O) groups is 1. The van der Waals surface area contributed by atoms with Crippen molar-refractivity contribution in [2.24, 2.45) is 0 Å². The average molecular weight is 338 g/mol. The molecule has 1 aliphatic heterocycles. The standard InChI is InChI=1S/C16H20ClN3O3/c17-11-4-5-14(15(8-11)20(22)23)16(21)18-12-9-13(10-12)19-6-2-1-3-7-19/h4-5,8,12-13H,1-3,6-7,9-10H2,(H,18,21). The Balaban J connectivity index is 1.57. The molecule has 1 amide bonds. The molecule has 0 aromatic heterocycles. The van der Waals surface area contributed by atoms with E-state index < -0.39 is 10.8 Å². The monoisotopic (exact) mass is 337 g/mol. The molecule has 23 heavy (non-hydrogen) atoms. The molecule has 3 rings (SSSR count). The molecule has 1 aromatic rings. The van der Waals surface area contributed by atoms with Gasteiger partial charge in [0, 0.05) is 23.2 Å². The zero-order valence-electron chi connectivity index (χ0n) is 12.8. The van der Waals surface area contributed by atoms with Crippen LogP contribution in [0.15, 0.2) is 18.2 Å². The highest BCUT2D eigenvalue weighted by Gasteiger charge is 2.35. The molecule has 2 fully saturated rings. The van der Waals surface area contributed by atoms with Gasteiger partial charge in [-0.15, -0.1) is 0 Å². The third-order valence-corrected chi connectivity index (χ3v) is 4.99. The maximum atomic E-state index is 12.3. The van der Waals surface area contributed by atoms with Crippen LogP contribution in [0.4, 0.5) is 5.69 Å². The minimum Gasteiger partial charge on any atom is -0.349 e. The molecule has 0 radical (unpaired) electrons. The Morgan fingerprint density at radius 1 is 1.26 bits per heavy atom. The summed E-state index contributed by atoms with van der Waals surface area (Å²) in [6, 6.07) is 4.77. The second kappa shape index (κ2) is 6.84. The summed E-state index contributed by atoms with van der Waals surface area (Å²) in [7, 11) is 0. The molecule has 6 nitrogen and oxygen atoms in total. The average Bonchev–Trinajstić information content (AvgIpc) is 2.51. The number of nitro benzene ring substituents is 1. The Bertz CT molecular complexity index is 611. The Morgan fingerprint density at radius 3 is 2.61 bits per heavy atom. The van der Waals surface area contributed by atoms with Crippen LogP contribution in [0.1, 0.15) is 42.5 Å². The minimum atomic E-state index is -0.571. The summed E-state index contributed by atoms with van der Waals surface area (Å²) < 4.78 is 0. The van der Waals surface area contributed by atoms with Crippen molar-refractivity contribution in [3.8, 4) is 0 Å². The number of carbonyl (C=O) groups excluding carboxylic acids is 1. The zero-order valence-corrected chi connectivity index (χ0v) is 13.6. The van der Waals surface area contributed by atoms with Crippen LogP contribution >= 0.6 is 11.6 Å². The molecule has 1 aromatic carbocycles. The lowest BCUT2D eigenvalue weighted by atomic mass is 9.84. The first kappa shape index (κ1) is 16.2. The van der Waals surface area contributed by atoms with Gasteiger partial charge in [0.25, 0.3) is 11.6 Å². The number of likely N-dealkylation sites (tertiary alicyclic amines) is 1. The summed E-state index contributed by atoms with van der Waals surface area (Å²) in [6.07, 6.45) is 5.67. The van der Waals surface area contributed by atoms with Crippen LogP contribution in [-0.4, -0.2) is 40.9 Å². The first-order valence-corrected chi connectivity index (χ1v) is 8.41. The van der Waals surface area contributed by atoms with Crippen LogP contribution in [0.2, 0.25) is 5.02 Å². The zero-order chi connectivity index (χ0) is 16.4. The number of rotatable bonds is 4. The lowest BCUT2D eigenvalue weighted by molar-refractivity contribution is -0.385. The normalized spacial score (nSPS) is 24.7. The van der Waals surface area contributed by atoms with E-state index in [0.717, 1.165) is 25.9 Å². The molecule has 1 saturated heterocycles. The van der Waals surface area contributed by atoms with Gasteiger partial charge in [-0.25, -0.2) is 0 Å². The number of benzene rings is 1. The van der Waals surface area contributed by atoms with E-state index in [9.17, 15) is 14.9 Å². The van der Waals surface area contributed by atoms with Crippen molar-refractivity contribution in [1.29, 1.82) is 0 Å². The van der Waals surface area contributed by atoms with E-state index in [1.54, 1.807) is 0 Å². The number of nitrogens with zero attached hydrogens (tertiary/aromatic N) is 2. The van der Waals surface area contributed by atoms with Gasteiger partial charge in [0.05, 0.1) is 4.92 Å². The lowest BCUT2D eigenvalue weighted by Gasteiger charge is -2.44. The highest BCUT2D eigenvalue weighted by atomic mass is 35.5. The van der Waals surface area contributed by atoms with Crippen LogP contribution < -0.4 is 5.32 Å². The SMILES string of the molecule is O=C(NC1CC(N2CCCCC2)C1)c1ccc(Cl)cc1[N+](=O)[O-]. The quantitative estimate of drug-likeness (QED) is 0.677. The summed E-state index contributed by atoms with van der Waals surface area (Å²) in [4.78, 5) is 25.3.